The first-order valence-electron chi connectivity index (χ1n) is 7.44. The van der Waals surface area contributed by atoms with Crippen LogP contribution < -0.4 is 5.32 Å². The Morgan fingerprint density at radius 1 is 1.00 bits per heavy atom. The SMILES string of the molecule is S=C(NCCc1ccc(Cl)cc1Cl)[N]([Tl])CCc1ccc(Cl)cc1. The molecule has 0 saturated heterocycles. The van der Waals surface area contributed by atoms with E-state index in [9.17, 15) is 0 Å². The van der Waals surface area contributed by atoms with E-state index in [1.807, 2.05) is 24.3 Å². The molecule has 0 radical (unpaired) electrons. The van der Waals surface area contributed by atoms with Crippen LogP contribution in [0.15, 0.2) is 42.5 Å². The van der Waals surface area contributed by atoms with Crippen molar-refractivity contribution in [1.82, 2.24) is 8.03 Å². The molecule has 0 amide bonds. The zero-order chi connectivity index (χ0) is 17.5. The van der Waals surface area contributed by atoms with Crippen LogP contribution in [0.3, 0.4) is 0 Å². The van der Waals surface area contributed by atoms with E-state index in [1.165, 1.54) is 5.56 Å². The second-order valence-electron chi connectivity index (χ2n) is 5.29. The summed E-state index contributed by atoms with van der Waals surface area (Å²) in [6.45, 7) is 1.67. The van der Waals surface area contributed by atoms with Gasteiger partial charge in [-0.25, -0.2) is 0 Å². The number of rotatable bonds is 6. The summed E-state index contributed by atoms with van der Waals surface area (Å²) in [6, 6.07) is 13.5. The third-order valence-electron chi connectivity index (χ3n) is 3.50. The van der Waals surface area contributed by atoms with Crippen LogP contribution in [0.5, 0.6) is 0 Å². The molecule has 124 valence electrons. The maximum absolute atomic E-state index is 6.18. The van der Waals surface area contributed by atoms with Crippen molar-refractivity contribution in [3.05, 3.63) is 68.7 Å². The number of hydrogen-bond acceptors (Lipinski definition) is 1. The molecule has 24 heavy (non-hydrogen) atoms. The average molecular weight is 591 g/mol. The fourth-order valence-electron chi connectivity index (χ4n) is 2.13. The maximum atomic E-state index is 6.18. The summed E-state index contributed by atoms with van der Waals surface area (Å²) >= 11 is 24.1. The molecule has 2 aromatic carbocycles. The molecule has 0 aliphatic carbocycles. The molecule has 0 bridgehead atoms. The summed E-state index contributed by atoms with van der Waals surface area (Å²) in [5.74, 6) is 0. The van der Waals surface area contributed by atoms with Crippen LogP contribution >= 0.6 is 47.0 Å². The van der Waals surface area contributed by atoms with Gasteiger partial charge in [0, 0.05) is 0 Å². The molecule has 0 saturated carbocycles. The summed E-state index contributed by atoms with van der Waals surface area (Å²) in [4.78, 5) is 0. The van der Waals surface area contributed by atoms with Gasteiger partial charge in [0.25, 0.3) is 0 Å². The van der Waals surface area contributed by atoms with Crippen molar-refractivity contribution in [2.75, 3.05) is 13.1 Å². The first-order valence-corrected chi connectivity index (χ1v) is 11.0. The Hall–Kier alpha value is -0.0779. The molecule has 0 aliphatic heterocycles. The number of nitrogens with zero attached hydrogens (tertiary/aromatic N) is 1. The van der Waals surface area contributed by atoms with Gasteiger partial charge >= 0.3 is 181 Å². The van der Waals surface area contributed by atoms with Crippen LogP contribution in [0.4, 0.5) is 0 Å². The van der Waals surface area contributed by atoms with E-state index in [1.54, 1.807) is 6.07 Å². The molecular weight excluding hydrogens is 575 g/mol. The number of benzene rings is 2. The Morgan fingerprint density at radius 2 is 1.67 bits per heavy atom. The summed E-state index contributed by atoms with van der Waals surface area (Å²) < 4.78 is 2.20. The Labute approximate surface area is 179 Å². The molecular formula is C17H16Cl3N2STl. The summed E-state index contributed by atoms with van der Waals surface area (Å²) in [5.41, 5.74) is 2.33. The minimum absolute atomic E-state index is 0.654. The summed E-state index contributed by atoms with van der Waals surface area (Å²) in [5, 5.41) is 6.23. The van der Waals surface area contributed by atoms with Crippen molar-refractivity contribution >= 4 is 78.2 Å². The van der Waals surface area contributed by atoms with Crippen molar-refractivity contribution in [1.29, 1.82) is 0 Å². The Bertz CT molecular complexity index is 695. The summed E-state index contributed by atoms with van der Waals surface area (Å²) in [7, 11) is 0. The van der Waals surface area contributed by atoms with Crippen molar-refractivity contribution in [3.8, 4) is 0 Å². The third kappa shape index (κ3) is 6.67. The van der Waals surface area contributed by atoms with Gasteiger partial charge in [0.2, 0.25) is 0 Å². The Kier molecular flexibility index (Phi) is 8.57. The Balaban J connectivity index is 1.74. The predicted molar refractivity (Wildman–Crippen MR) is 108 cm³/mol. The first kappa shape index (κ1) is 20.2. The van der Waals surface area contributed by atoms with Crippen molar-refractivity contribution in [2.45, 2.75) is 12.8 Å². The quantitative estimate of drug-likeness (QED) is 0.388. The molecule has 0 atom stereocenters. The molecule has 0 fully saturated rings. The summed E-state index contributed by atoms with van der Waals surface area (Å²) in [6.07, 6.45) is 1.77. The molecule has 0 heterocycles. The molecule has 0 unspecified atom stereocenters. The van der Waals surface area contributed by atoms with Crippen LogP contribution in [0.2, 0.25) is 15.1 Å². The average Bonchev–Trinajstić information content (AvgIpc) is 2.56. The van der Waals surface area contributed by atoms with Gasteiger partial charge in [0.1, 0.15) is 0 Å². The molecule has 0 aliphatic rings. The zero-order valence-electron chi connectivity index (χ0n) is 12.9. The Morgan fingerprint density at radius 3 is 2.33 bits per heavy atom. The van der Waals surface area contributed by atoms with Gasteiger partial charge in [0.15, 0.2) is 0 Å². The van der Waals surface area contributed by atoms with Gasteiger partial charge in [-0.2, -0.15) is 0 Å². The molecule has 0 spiro atoms. The topological polar surface area (TPSA) is 15.3 Å². The van der Waals surface area contributed by atoms with Crippen LogP contribution in [-0.4, -0.2) is 47.0 Å². The van der Waals surface area contributed by atoms with Gasteiger partial charge in [-0.15, -0.1) is 0 Å². The second-order valence-corrected chi connectivity index (χ2v) is 9.38. The van der Waals surface area contributed by atoms with E-state index in [-0.39, 0.29) is 0 Å². The standard InChI is InChI=1S/C17H17Cl3N2S.Tl/c18-14-4-1-12(2-5-14)7-9-21-17(23)22-10-8-13-3-6-15(19)11-16(13)20;/h1-6,11H,7-10H2,(H2,21,22,23);/q;+1/p-1. The molecule has 1 N–H and O–H groups in total. The van der Waals surface area contributed by atoms with Crippen molar-refractivity contribution in [3.63, 3.8) is 0 Å². The van der Waals surface area contributed by atoms with E-state index in [0.717, 1.165) is 41.6 Å². The predicted octanol–water partition coefficient (Wildman–Crippen LogP) is 4.69. The fourth-order valence-corrected chi connectivity index (χ4v) is 3.81. The zero-order valence-corrected chi connectivity index (χ0v) is 20.5. The van der Waals surface area contributed by atoms with E-state index in [4.69, 9.17) is 47.0 Å². The molecule has 2 aromatic rings. The number of thiocarbonyl (C=S) groups is 1. The van der Waals surface area contributed by atoms with Gasteiger partial charge < -0.3 is 0 Å². The van der Waals surface area contributed by atoms with Gasteiger partial charge in [0.05, 0.1) is 0 Å². The van der Waals surface area contributed by atoms with Gasteiger partial charge in [-0.05, 0) is 0 Å². The molecule has 7 heteroatoms. The van der Waals surface area contributed by atoms with E-state index in [0.29, 0.717) is 36.1 Å². The van der Waals surface area contributed by atoms with Crippen molar-refractivity contribution < 1.29 is 0 Å². The normalized spacial score (nSPS) is 10.4. The van der Waals surface area contributed by atoms with Crippen molar-refractivity contribution in [2.24, 2.45) is 0 Å². The van der Waals surface area contributed by atoms with Gasteiger partial charge in [-0.3, -0.25) is 0 Å². The number of nitrogens with one attached hydrogen (secondary N) is 1. The van der Waals surface area contributed by atoms with Crippen LogP contribution in [0.25, 0.3) is 0 Å². The van der Waals surface area contributed by atoms with E-state index < -0.39 is 0 Å². The molecule has 2 rings (SSSR count). The van der Waals surface area contributed by atoms with E-state index in [2.05, 4.69) is 20.2 Å². The first-order chi connectivity index (χ1) is 11.5. The van der Waals surface area contributed by atoms with Crippen LogP contribution in [-0.2, 0) is 12.8 Å². The second kappa shape index (κ2) is 10.2. The third-order valence-corrected chi connectivity index (χ3v) is 7.45. The van der Waals surface area contributed by atoms with Crippen LogP contribution in [0, 0.1) is 0 Å². The van der Waals surface area contributed by atoms with Crippen LogP contribution in [0.1, 0.15) is 11.1 Å². The molecule has 2 nitrogen and oxygen atoms in total. The number of halogens is 3. The minimum atomic E-state index is 0.654. The van der Waals surface area contributed by atoms with Gasteiger partial charge in [-0.1, -0.05) is 0 Å². The molecule has 0 aromatic heterocycles. The number of hydrogen-bond donors (Lipinski definition) is 1. The fraction of sp³-hybridized carbons (Fsp3) is 0.235. The van der Waals surface area contributed by atoms with E-state index >= 15 is 0 Å². The monoisotopic (exact) mass is 590 g/mol.